The highest BCUT2D eigenvalue weighted by Gasteiger charge is 2.03. The molecule has 0 fully saturated rings. The van der Waals surface area contributed by atoms with Crippen LogP contribution >= 0.6 is 0 Å². The topological polar surface area (TPSA) is 77.1 Å². The second kappa shape index (κ2) is 5.61. The number of nitrogen functional groups attached to an aromatic ring is 1. The molecule has 0 spiro atoms. The number of anilines is 1. The molecule has 0 atom stereocenters. The van der Waals surface area contributed by atoms with Gasteiger partial charge in [0.25, 0.3) is 5.56 Å². The highest BCUT2D eigenvalue weighted by atomic mass is 16.2. The van der Waals surface area contributed by atoms with Crippen molar-refractivity contribution >= 4 is 11.6 Å². The van der Waals surface area contributed by atoms with Crippen LogP contribution < -0.4 is 16.6 Å². The van der Waals surface area contributed by atoms with Crippen molar-refractivity contribution in [2.24, 2.45) is 0 Å². The largest absolute Gasteiger partial charge is 0.398 e. The minimum atomic E-state index is -0.268. The summed E-state index contributed by atoms with van der Waals surface area (Å²) in [5.41, 5.74) is 5.70. The van der Waals surface area contributed by atoms with E-state index >= 15 is 0 Å². The van der Waals surface area contributed by atoms with Crippen molar-refractivity contribution in [3.05, 3.63) is 28.7 Å². The SMILES string of the molecule is CC#CCNC(=O)Cn1cc(N)ccc1=O. The summed E-state index contributed by atoms with van der Waals surface area (Å²) in [4.78, 5) is 22.7. The highest BCUT2D eigenvalue weighted by molar-refractivity contribution is 5.76. The summed E-state index contributed by atoms with van der Waals surface area (Å²) in [7, 11) is 0. The minimum Gasteiger partial charge on any atom is -0.398 e. The molecule has 0 unspecified atom stereocenters. The van der Waals surface area contributed by atoms with Crippen LogP contribution in [0.3, 0.4) is 0 Å². The first kappa shape index (κ1) is 11.9. The van der Waals surface area contributed by atoms with Gasteiger partial charge in [-0.15, -0.1) is 5.92 Å². The highest BCUT2D eigenvalue weighted by Crippen LogP contribution is 1.95. The van der Waals surface area contributed by atoms with Gasteiger partial charge in [-0.2, -0.15) is 0 Å². The zero-order valence-corrected chi connectivity index (χ0v) is 8.99. The Morgan fingerprint density at radius 3 is 3.00 bits per heavy atom. The molecule has 0 saturated heterocycles. The lowest BCUT2D eigenvalue weighted by molar-refractivity contribution is -0.121. The normalized spacial score (nSPS) is 9.06. The van der Waals surface area contributed by atoms with Crippen molar-refractivity contribution in [1.29, 1.82) is 0 Å². The first-order valence-electron chi connectivity index (χ1n) is 4.75. The van der Waals surface area contributed by atoms with Gasteiger partial charge in [-0.05, 0) is 13.0 Å². The molecule has 0 saturated carbocycles. The van der Waals surface area contributed by atoms with Crippen LogP contribution in [0.25, 0.3) is 0 Å². The van der Waals surface area contributed by atoms with Crippen LogP contribution in [-0.2, 0) is 11.3 Å². The van der Waals surface area contributed by atoms with Crippen LogP contribution in [0.4, 0.5) is 5.69 Å². The predicted molar refractivity (Wildman–Crippen MR) is 61.6 cm³/mol. The van der Waals surface area contributed by atoms with E-state index in [1.165, 1.54) is 22.9 Å². The van der Waals surface area contributed by atoms with Crippen molar-refractivity contribution in [1.82, 2.24) is 9.88 Å². The van der Waals surface area contributed by atoms with Crippen LogP contribution in [-0.4, -0.2) is 17.0 Å². The molecule has 1 rings (SSSR count). The number of nitrogens with two attached hydrogens (primary N) is 1. The number of amides is 1. The molecule has 5 heteroatoms. The fourth-order valence-corrected chi connectivity index (χ4v) is 1.12. The van der Waals surface area contributed by atoms with Gasteiger partial charge in [-0.3, -0.25) is 9.59 Å². The molecule has 0 aromatic carbocycles. The molecule has 5 nitrogen and oxygen atoms in total. The quantitative estimate of drug-likeness (QED) is 0.677. The molecule has 1 aromatic heterocycles. The zero-order chi connectivity index (χ0) is 12.0. The number of pyridine rings is 1. The van der Waals surface area contributed by atoms with Crippen LogP contribution in [0.15, 0.2) is 23.1 Å². The molecule has 0 aliphatic carbocycles. The summed E-state index contributed by atoms with van der Waals surface area (Å²) in [6, 6.07) is 2.83. The summed E-state index contributed by atoms with van der Waals surface area (Å²) < 4.78 is 1.25. The Morgan fingerprint density at radius 2 is 2.31 bits per heavy atom. The second-order valence-electron chi connectivity index (χ2n) is 3.13. The summed E-state index contributed by atoms with van der Waals surface area (Å²) in [5.74, 6) is 5.08. The van der Waals surface area contributed by atoms with Gasteiger partial charge in [0.05, 0.1) is 6.54 Å². The van der Waals surface area contributed by atoms with Gasteiger partial charge in [-0.25, -0.2) is 0 Å². The van der Waals surface area contributed by atoms with Crippen molar-refractivity contribution in [2.45, 2.75) is 13.5 Å². The third-order valence-corrected chi connectivity index (χ3v) is 1.87. The lowest BCUT2D eigenvalue weighted by Crippen LogP contribution is -2.32. The van der Waals surface area contributed by atoms with E-state index in [2.05, 4.69) is 17.2 Å². The van der Waals surface area contributed by atoms with Crippen molar-refractivity contribution in [2.75, 3.05) is 12.3 Å². The van der Waals surface area contributed by atoms with E-state index < -0.39 is 0 Å². The van der Waals surface area contributed by atoms with Crippen LogP contribution in [0.5, 0.6) is 0 Å². The number of aromatic nitrogens is 1. The molecule has 0 aliphatic rings. The number of hydrogen-bond acceptors (Lipinski definition) is 3. The Bertz CT molecular complexity index is 494. The molecule has 0 bridgehead atoms. The molecule has 3 N–H and O–H groups in total. The molecular weight excluding hydrogens is 206 g/mol. The first-order chi connectivity index (χ1) is 7.63. The van der Waals surface area contributed by atoms with E-state index in [9.17, 15) is 9.59 Å². The van der Waals surface area contributed by atoms with Gasteiger partial charge < -0.3 is 15.6 Å². The maximum Gasteiger partial charge on any atom is 0.251 e. The monoisotopic (exact) mass is 219 g/mol. The molecule has 0 aliphatic heterocycles. The van der Waals surface area contributed by atoms with E-state index in [-0.39, 0.29) is 24.6 Å². The van der Waals surface area contributed by atoms with Gasteiger partial charge in [0.15, 0.2) is 0 Å². The van der Waals surface area contributed by atoms with Gasteiger partial charge >= 0.3 is 0 Å². The lowest BCUT2D eigenvalue weighted by atomic mass is 10.4. The average Bonchev–Trinajstić information content (AvgIpc) is 2.24. The molecule has 1 heterocycles. The van der Waals surface area contributed by atoms with Crippen LogP contribution in [0.1, 0.15) is 6.92 Å². The van der Waals surface area contributed by atoms with Gasteiger partial charge in [-0.1, -0.05) is 5.92 Å². The van der Waals surface area contributed by atoms with E-state index in [0.717, 1.165) is 0 Å². The number of nitrogens with one attached hydrogen (secondary N) is 1. The molecule has 84 valence electrons. The van der Waals surface area contributed by atoms with Crippen molar-refractivity contribution < 1.29 is 4.79 Å². The summed E-state index contributed by atoms with van der Waals surface area (Å²) in [6.07, 6.45) is 1.44. The minimum absolute atomic E-state index is 0.0464. The smallest absolute Gasteiger partial charge is 0.251 e. The summed E-state index contributed by atoms with van der Waals surface area (Å²) in [6.45, 7) is 1.93. The first-order valence-corrected chi connectivity index (χ1v) is 4.75. The maximum atomic E-state index is 11.4. The summed E-state index contributed by atoms with van der Waals surface area (Å²) in [5, 5.41) is 2.57. The molecule has 16 heavy (non-hydrogen) atoms. The average molecular weight is 219 g/mol. The van der Waals surface area contributed by atoms with Crippen molar-refractivity contribution in [3.8, 4) is 11.8 Å². The van der Waals surface area contributed by atoms with Gasteiger partial charge in [0, 0.05) is 18.0 Å². The standard InChI is InChI=1S/C11H13N3O2/c1-2-3-6-13-10(15)8-14-7-9(12)4-5-11(14)16/h4-5,7H,6,8,12H2,1H3,(H,13,15). The molecule has 0 radical (unpaired) electrons. The number of carbonyl (C=O) groups excluding carboxylic acids is 1. The Kier molecular flexibility index (Phi) is 4.16. The van der Waals surface area contributed by atoms with Crippen LogP contribution in [0, 0.1) is 11.8 Å². The fourth-order valence-electron chi connectivity index (χ4n) is 1.12. The van der Waals surface area contributed by atoms with E-state index in [1.54, 1.807) is 6.92 Å². The Balaban J connectivity index is 2.64. The molecule has 1 aromatic rings. The number of nitrogens with zero attached hydrogens (tertiary/aromatic N) is 1. The van der Waals surface area contributed by atoms with E-state index in [4.69, 9.17) is 5.73 Å². The van der Waals surface area contributed by atoms with Crippen LogP contribution in [0.2, 0.25) is 0 Å². The zero-order valence-electron chi connectivity index (χ0n) is 8.99. The number of carbonyl (C=O) groups is 1. The van der Waals surface area contributed by atoms with E-state index in [0.29, 0.717) is 5.69 Å². The lowest BCUT2D eigenvalue weighted by Gasteiger charge is -2.05. The number of rotatable bonds is 3. The third kappa shape index (κ3) is 3.50. The summed E-state index contributed by atoms with van der Waals surface area (Å²) >= 11 is 0. The second-order valence-corrected chi connectivity index (χ2v) is 3.13. The Labute approximate surface area is 93.3 Å². The van der Waals surface area contributed by atoms with Gasteiger partial charge in [0.2, 0.25) is 5.91 Å². The maximum absolute atomic E-state index is 11.4. The Morgan fingerprint density at radius 1 is 1.56 bits per heavy atom. The molecule has 1 amide bonds. The molecular formula is C11H13N3O2. The Hall–Kier alpha value is -2.22. The fraction of sp³-hybridized carbons (Fsp3) is 0.273. The van der Waals surface area contributed by atoms with E-state index in [1.807, 2.05) is 0 Å². The van der Waals surface area contributed by atoms with Gasteiger partial charge in [0.1, 0.15) is 6.54 Å². The predicted octanol–water partition coefficient (Wildman–Crippen LogP) is -0.430. The third-order valence-electron chi connectivity index (χ3n) is 1.87. The van der Waals surface area contributed by atoms with Crippen molar-refractivity contribution in [3.63, 3.8) is 0 Å². The number of hydrogen-bond donors (Lipinski definition) is 2.